The predicted molar refractivity (Wildman–Crippen MR) is 121 cm³/mol. The lowest BCUT2D eigenvalue weighted by Crippen LogP contribution is -2.08. The van der Waals surface area contributed by atoms with Crippen molar-refractivity contribution in [2.45, 2.75) is 17.9 Å². The zero-order valence-electron chi connectivity index (χ0n) is 16.1. The molecule has 0 unspecified atom stereocenters. The molecule has 3 rings (SSSR count). The number of hydrogen-bond acceptors (Lipinski definition) is 5. The highest BCUT2D eigenvalue weighted by atomic mass is 32.2. The highest BCUT2D eigenvalue weighted by Crippen LogP contribution is 2.45. The van der Waals surface area contributed by atoms with E-state index in [0.717, 1.165) is 17.7 Å². The molecule has 0 saturated carbocycles. The van der Waals surface area contributed by atoms with Crippen molar-refractivity contribution in [2.24, 2.45) is 0 Å². The molecule has 1 fully saturated rings. The number of benzene rings is 2. The van der Waals surface area contributed by atoms with E-state index in [1.807, 2.05) is 53.9 Å². The second kappa shape index (κ2) is 10.5. The zero-order chi connectivity index (χ0) is 19.8. The van der Waals surface area contributed by atoms with Gasteiger partial charge in [0.15, 0.2) is 11.5 Å². The van der Waals surface area contributed by atoms with Gasteiger partial charge < -0.3 is 14.8 Å². The quantitative estimate of drug-likeness (QED) is 0.568. The van der Waals surface area contributed by atoms with E-state index in [0.29, 0.717) is 22.7 Å². The first-order chi connectivity index (χ1) is 13.7. The molecule has 0 radical (unpaired) electrons. The summed E-state index contributed by atoms with van der Waals surface area (Å²) in [7, 11) is 1.61. The third-order valence-electron chi connectivity index (χ3n) is 4.12. The first-order valence-electron chi connectivity index (χ1n) is 9.32. The van der Waals surface area contributed by atoms with Gasteiger partial charge >= 0.3 is 0 Å². The Morgan fingerprint density at radius 2 is 2.00 bits per heavy atom. The number of methoxy groups -OCH3 is 1. The van der Waals surface area contributed by atoms with Gasteiger partial charge in [0, 0.05) is 23.3 Å². The smallest absolute Gasteiger partial charge is 0.248 e. The summed E-state index contributed by atoms with van der Waals surface area (Å²) in [5.74, 6) is 3.58. The predicted octanol–water partition coefficient (Wildman–Crippen LogP) is 5.61. The molecule has 148 valence electrons. The minimum Gasteiger partial charge on any atom is -0.493 e. The fourth-order valence-corrected chi connectivity index (χ4v) is 5.63. The van der Waals surface area contributed by atoms with Crippen molar-refractivity contribution in [3.8, 4) is 11.5 Å². The van der Waals surface area contributed by atoms with E-state index >= 15 is 0 Å². The van der Waals surface area contributed by atoms with Gasteiger partial charge in [0.05, 0.1) is 18.3 Å². The number of hydrogen-bond donors (Lipinski definition) is 1. The van der Waals surface area contributed by atoms with Crippen molar-refractivity contribution in [1.82, 2.24) is 0 Å². The molecule has 2 aromatic rings. The normalized spacial score (nSPS) is 14.4. The van der Waals surface area contributed by atoms with E-state index in [2.05, 4.69) is 24.4 Å². The van der Waals surface area contributed by atoms with E-state index in [4.69, 9.17) is 9.47 Å². The molecule has 1 aliphatic heterocycles. The maximum Gasteiger partial charge on any atom is 0.248 e. The summed E-state index contributed by atoms with van der Waals surface area (Å²) in [6.07, 6.45) is 4.24. The fourth-order valence-electron chi connectivity index (χ4n) is 2.79. The van der Waals surface area contributed by atoms with Crippen LogP contribution in [0.4, 0.5) is 5.69 Å². The van der Waals surface area contributed by atoms with Crippen LogP contribution in [0.2, 0.25) is 0 Å². The highest BCUT2D eigenvalue weighted by Gasteiger charge is 2.18. The highest BCUT2D eigenvalue weighted by molar-refractivity contribution is 8.19. The third kappa shape index (κ3) is 5.72. The summed E-state index contributed by atoms with van der Waals surface area (Å²) in [6, 6.07) is 13.7. The van der Waals surface area contributed by atoms with Gasteiger partial charge in [-0.05, 0) is 47.9 Å². The average molecular weight is 416 g/mol. The van der Waals surface area contributed by atoms with Crippen molar-refractivity contribution in [1.29, 1.82) is 0 Å². The van der Waals surface area contributed by atoms with E-state index in [1.54, 1.807) is 13.2 Å². The summed E-state index contributed by atoms with van der Waals surface area (Å²) in [5.41, 5.74) is 2.95. The monoisotopic (exact) mass is 415 g/mol. The van der Waals surface area contributed by atoms with Crippen LogP contribution in [0.5, 0.6) is 11.5 Å². The van der Waals surface area contributed by atoms with Gasteiger partial charge in [-0.15, -0.1) is 23.5 Å². The van der Waals surface area contributed by atoms with Crippen molar-refractivity contribution >= 4 is 41.2 Å². The lowest BCUT2D eigenvalue weighted by Gasteiger charge is -2.11. The third-order valence-corrected chi connectivity index (χ3v) is 7.23. The number of thioether (sulfide) groups is 2. The topological polar surface area (TPSA) is 47.6 Å². The van der Waals surface area contributed by atoms with Crippen LogP contribution in [-0.4, -0.2) is 31.1 Å². The SMILES string of the molecule is CCCOc1ccc(/C=C/C(=O)Nc2cccc(C3SCCS3)c2)cc1OC. The van der Waals surface area contributed by atoms with Crippen LogP contribution in [0.15, 0.2) is 48.5 Å². The van der Waals surface area contributed by atoms with Crippen LogP contribution in [0.3, 0.4) is 0 Å². The molecular formula is C22H25NO3S2. The van der Waals surface area contributed by atoms with Gasteiger partial charge in [-0.2, -0.15) is 0 Å². The average Bonchev–Trinajstić information content (AvgIpc) is 3.26. The molecule has 1 saturated heterocycles. The molecule has 0 bridgehead atoms. The van der Waals surface area contributed by atoms with E-state index in [9.17, 15) is 4.79 Å². The lowest BCUT2D eigenvalue weighted by atomic mass is 10.2. The number of amides is 1. The largest absolute Gasteiger partial charge is 0.493 e. The van der Waals surface area contributed by atoms with Crippen LogP contribution < -0.4 is 14.8 Å². The van der Waals surface area contributed by atoms with E-state index in [-0.39, 0.29) is 5.91 Å². The number of rotatable bonds is 8. The number of carbonyl (C=O) groups excluding carboxylic acids is 1. The first-order valence-corrected chi connectivity index (χ1v) is 11.4. The van der Waals surface area contributed by atoms with Gasteiger partial charge in [0.25, 0.3) is 0 Å². The summed E-state index contributed by atoms with van der Waals surface area (Å²) in [5, 5.41) is 2.94. The number of anilines is 1. The van der Waals surface area contributed by atoms with Crippen LogP contribution in [-0.2, 0) is 4.79 Å². The number of ether oxygens (including phenoxy) is 2. The maximum atomic E-state index is 12.3. The molecular weight excluding hydrogens is 390 g/mol. The van der Waals surface area contributed by atoms with Crippen LogP contribution in [0, 0.1) is 0 Å². The summed E-state index contributed by atoms with van der Waals surface area (Å²) in [6.45, 7) is 2.70. The van der Waals surface area contributed by atoms with Gasteiger partial charge in [-0.1, -0.05) is 25.1 Å². The molecule has 6 heteroatoms. The second-order valence-corrected chi connectivity index (χ2v) is 9.00. The molecule has 1 amide bonds. The Kier molecular flexibility index (Phi) is 7.74. The number of carbonyl (C=O) groups is 1. The molecule has 0 aromatic heterocycles. The second-order valence-electron chi connectivity index (χ2n) is 6.28. The molecule has 0 aliphatic carbocycles. The van der Waals surface area contributed by atoms with Crippen LogP contribution in [0.1, 0.15) is 29.1 Å². The molecule has 1 heterocycles. The Morgan fingerprint density at radius 3 is 2.75 bits per heavy atom. The van der Waals surface area contributed by atoms with Crippen molar-refractivity contribution in [2.75, 3.05) is 30.5 Å². The molecule has 28 heavy (non-hydrogen) atoms. The Bertz CT molecular complexity index is 832. The van der Waals surface area contributed by atoms with Crippen LogP contribution >= 0.6 is 23.5 Å². The molecule has 2 aromatic carbocycles. The summed E-state index contributed by atoms with van der Waals surface area (Å²) < 4.78 is 11.5. The molecule has 0 spiro atoms. The first kappa shape index (κ1) is 20.7. The molecule has 1 aliphatic rings. The lowest BCUT2D eigenvalue weighted by molar-refractivity contribution is -0.111. The molecule has 4 nitrogen and oxygen atoms in total. The Balaban J connectivity index is 1.63. The van der Waals surface area contributed by atoms with E-state index in [1.165, 1.54) is 23.1 Å². The fraction of sp³-hybridized carbons (Fsp3) is 0.318. The summed E-state index contributed by atoms with van der Waals surface area (Å²) in [4.78, 5) is 12.3. The van der Waals surface area contributed by atoms with Crippen molar-refractivity contribution < 1.29 is 14.3 Å². The zero-order valence-corrected chi connectivity index (χ0v) is 17.8. The standard InChI is InChI=1S/C22H25NO3S2/c1-3-11-26-19-9-7-16(14-20(19)25-2)8-10-21(24)23-18-6-4-5-17(15-18)22-27-12-13-28-22/h4-10,14-15,22H,3,11-13H2,1-2H3,(H,23,24)/b10-8+. The molecule has 0 atom stereocenters. The van der Waals surface area contributed by atoms with E-state index < -0.39 is 0 Å². The van der Waals surface area contributed by atoms with Gasteiger partial charge in [0.1, 0.15) is 0 Å². The van der Waals surface area contributed by atoms with Crippen molar-refractivity contribution in [3.05, 3.63) is 59.7 Å². The Morgan fingerprint density at radius 1 is 1.18 bits per heavy atom. The minimum atomic E-state index is -0.158. The van der Waals surface area contributed by atoms with Crippen molar-refractivity contribution in [3.63, 3.8) is 0 Å². The summed E-state index contributed by atoms with van der Waals surface area (Å²) >= 11 is 3.91. The Hall–Kier alpha value is -2.05. The Labute approximate surface area is 175 Å². The minimum absolute atomic E-state index is 0.158. The number of nitrogens with one attached hydrogen (secondary N) is 1. The maximum absolute atomic E-state index is 12.3. The van der Waals surface area contributed by atoms with Gasteiger partial charge in [-0.25, -0.2) is 0 Å². The van der Waals surface area contributed by atoms with Crippen LogP contribution in [0.25, 0.3) is 6.08 Å². The van der Waals surface area contributed by atoms with Gasteiger partial charge in [0.2, 0.25) is 5.91 Å². The molecule has 1 N–H and O–H groups in total. The van der Waals surface area contributed by atoms with Gasteiger partial charge in [-0.3, -0.25) is 4.79 Å².